The second kappa shape index (κ2) is 6.39. The minimum Gasteiger partial charge on any atom is -0.396 e. The number of alkyl halides is 4. The van der Waals surface area contributed by atoms with Gasteiger partial charge in [-0.25, -0.2) is 8.78 Å². The fraction of sp³-hybridized carbons (Fsp3) is 1.00. The second-order valence-electron chi connectivity index (χ2n) is 4.03. The van der Waals surface area contributed by atoms with Gasteiger partial charge >= 0.3 is 12.3 Å². The first-order valence-corrected chi connectivity index (χ1v) is 5.31. The molecule has 98 valence electrons. The number of rotatable bonds is 8. The van der Waals surface area contributed by atoms with E-state index in [0.717, 1.165) is 0 Å². The summed E-state index contributed by atoms with van der Waals surface area (Å²) in [4.78, 5) is 0. The summed E-state index contributed by atoms with van der Waals surface area (Å²) >= 11 is 0. The molecular weight excluding hydrogens is 226 g/mol. The second-order valence-corrected chi connectivity index (χ2v) is 4.03. The van der Waals surface area contributed by atoms with E-state index in [1.165, 1.54) is 0 Å². The van der Waals surface area contributed by atoms with Crippen LogP contribution in [-0.2, 0) is 0 Å². The molecule has 0 aliphatic heterocycles. The Morgan fingerprint density at radius 3 is 1.94 bits per heavy atom. The van der Waals surface area contributed by atoms with Gasteiger partial charge in [0.05, 0.1) is 6.54 Å². The van der Waals surface area contributed by atoms with Crippen molar-refractivity contribution in [1.29, 1.82) is 0 Å². The molecule has 0 spiro atoms. The Balaban J connectivity index is 4.14. The van der Waals surface area contributed by atoms with Crippen LogP contribution in [0.15, 0.2) is 0 Å². The summed E-state index contributed by atoms with van der Waals surface area (Å²) in [5.74, 6) is -4.01. The first-order valence-electron chi connectivity index (χ1n) is 5.31. The number of hydrogen-bond acceptors (Lipinski definition) is 2. The summed E-state index contributed by atoms with van der Waals surface area (Å²) in [6.45, 7) is 2.55. The highest BCUT2D eigenvalue weighted by Gasteiger charge is 2.40. The fourth-order valence-corrected chi connectivity index (χ4v) is 1.35. The normalized spacial score (nSPS) is 13.5. The van der Waals surface area contributed by atoms with Crippen molar-refractivity contribution < 1.29 is 22.7 Å². The summed E-state index contributed by atoms with van der Waals surface area (Å²) in [5, 5.41) is 11.5. The van der Waals surface area contributed by atoms with Gasteiger partial charge in [0.1, 0.15) is 0 Å². The Morgan fingerprint density at radius 1 is 1.12 bits per heavy atom. The Bertz CT molecular complexity index is 187. The minimum atomic E-state index is -4.01. The molecule has 0 atom stereocenters. The van der Waals surface area contributed by atoms with Gasteiger partial charge in [0.25, 0.3) is 0 Å². The van der Waals surface area contributed by atoms with Crippen molar-refractivity contribution in [2.24, 2.45) is 5.41 Å². The lowest BCUT2D eigenvalue weighted by Gasteiger charge is -2.30. The van der Waals surface area contributed by atoms with Crippen LogP contribution in [0.25, 0.3) is 0 Å². The average Bonchev–Trinajstić information content (AvgIpc) is 2.25. The molecule has 0 aromatic rings. The van der Waals surface area contributed by atoms with E-state index >= 15 is 0 Å². The summed E-state index contributed by atoms with van der Waals surface area (Å²) in [6.07, 6.45) is -2.45. The maximum atomic E-state index is 12.6. The summed E-state index contributed by atoms with van der Waals surface area (Å²) in [5.41, 5.74) is -0.502. The first-order chi connectivity index (χ1) is 7.33. The molecule has 0 aliphatic carbocycles. The monoisotopic (exact) mass is 245 g/mol. The summed E-state index contributed by atoms with van der Waals surface area (Å²) < 4.78 is 48.8. The molecule has 0 saturated carbocycles. The SMILES string of the molecule is CCC(CC)(CO)CNCC(F)(F)C(F)F. The van der Waals surface area contributed by atoms with E-state index in [4.69, 9.17) is 5.11 Å². The lowest BCUT2D eigenvalue weighted by Crippen LogP contribution is -2.44. The van der Waals surface area contributed by atoms with Gasteiger partial charge in [-0.3, -0.25) is 0 Å². The molecule has 0 aliphatic rings. The van der Waals surface area contributed by atoms with E-state index in [1.807, 2.05) is 13.8 Å². The van der Waals surface area contributed by atoms with E-state index in [-0.39, 0.29) is 13.2 Å². The molecule has 0 amide bonds. The van der Waals surface area contributed by atoms with Gasteiger partial charge in [-0.2, -0.15) is 8.78 Å². The largest absolute Gasteiger partial charge is 0.396 e. The predicted molar refractivity (Wildman–Crippen MR) is 53.9 cm³/mol. The van der Waals surface area contributed by atoms with Gasteiger partial charge in [-0.1, -0.05) is 13.8 Å². The van der Waals surface area contributed by atoms with Crippen molar-refractivity contribution in [2.45, 2.75) is 39.0 Å². The molecule has 0 rings (SSSR count). The Morgan fingerprint density at radius 2 is 1.62 bits per heavy atom. The van der Waals surface area contributed by atoms with Gasteiger partial charge < -0.3 is 10.4 Å². The molecule has 16 heavy (non-hydrogen) atoms. The number of aliphatic hydroxyl groups is 1. The summed E-state index contributed by atoms with van der Waals surface area (Å²) in [7, 11) is 0. The predicted octanol–water partition coefficient (Wildman–Crippen LogP) is 2.28. The lowest BCUT2D eigenvalue weighted by atomic mass is 9.83. The Kier molecular flexibility index (Phi) is 6.25. The van der Waals surface area contributed by atoms with E-state index in [0.29, 0.717) is 12.8 Å². The maximum Gasteiger partial charge on any atom is 0.319 e. The maximum absolute atomic E-state index is 12.6. The molecule has 0 aromatic carbocycles. The zero-order chi connectivity index (χ0) is 12.8. The molecule has 2 nitrogen and oxygen atoms in total. The minimum absolute atomic E-state index is 0.110. The third-order valence-electron chi connectivity index (χ3n) is 3.02. The fourth-order valence-electron chi connectivity index (χ4n) is 1.35. The van der Waals surface area contributed by atoms with Crippen LogP contribution >= 0.6 is 0 Å². The molecule has 0 unspecified atom stereocenters. The number of hydrogen-bond donors (Lipinski definition) is 2. The molecule has 0 radical (unpaired) electrons. The highest BCUT2D eigenvalue weighted by Crippen LogP contribution is 2.26. The van der Waals surface area contributed by atoms with Crippen molar-refractivity contribution in [3.63, 3.8) is 0 Å². The molecular formula is C10H19F4NO. The number of aliphatic hydroxyl groups excluding tert-OH is 1. The topological polar surface area (TPSA) is 32.3 Å². The lowest BCUT2D eigenvalue weighted by molar-refractivity contribution is -0.126. The molecule has 6 heteroatoms. The number of halogens is 4. The van der Waals surface area contributed by atoms with Crippen molar-refractivity contribution in [3.05, 3.63) is 0 Å². The van der Waals surface area contributed by atoms with Crippen LogP contribution in [0.5, 0.6) is 0 Å². The number of nitrogens with one attached hydrogen (secondary N) is 1. The molecule has 0 saturated heterocycles. The van der Waals surface area contributed by atoms with Gasteiger partial charge in [0, 0.05) is 18.6 Å². The molecule has 2 N–H and O–H groups in total. The molecule has 0 aromatic heterocycles. The van der Waals surface area contributed by atoms with Crippen LogP contribution in [0.1, 0.15) is 26.7 Å². The van der Waals surface area contributed by atoms with Crippen molar-refractivity contribution >= 4 is 0 Å². The Hall–Kier alpha value is -0.360. The highest BCUT2D eigenvalue weighted by molar-refractivity contribution is 4.80. The van der Waals surface area contributed by atoms with E-state index in [9.17, 15) is 17.6 Å². The average molecular weight is 245 g/mol. The van der Waals surface area contributed by atoms with E-state index in [1.54, 1.807) is 0 Å². The van der Waals surface area contributed by atoms with E-state index in [2.05, 4.69) is 5.32 Å². The summed E-state index contributed by atoms with van der Waals surface area (Å²) in [6, 6.07) is 0. The zero-order valence-electron chi connectivity index (χ0n) is 9.57. The smallest absolute Gasteiger partial charge is 0.319 e. The van der Waals surface area contributed by atoms with Gasteiger partial charge in [-0.15, -0.1) is 0 Å². The standard InChI is InChI=1S/C10H19F4NO/c1-3-9(4-2,7-16)5-15-6-10(13,14)8(11)12/h8,15-16H,3-7H2,1-2H3. The highest BCUT2D eigenvalue weighted by atomic mass is 19.3. The quantitative estimate of drug-likeness (QED) is 0.643. The van der Waals surface area contributed by atoms with Crippen LogP contribution in [0.4, 0.5) is 17.6 Å². The van der Waals surface area contributed by atoms with Crippen LogP contribution in [0.3, 0.4) is 0 Å². The third kappa shape index (κ3) is 4.25. The van der Waals surface area contributed by atoms with Gasteiger partial charge in [-0.05, 0) is 12.8 Å². The van der Waals surface area contributed by atoms with Crippen molar-refractivity contribution in [3.8, 4) is 0 Å². The van der Waals surface area contributed by atoms with Crippen LogP contribution in [0.2, 0.25) is 0 Å². The van der Waals surface area contributed by atoms with E-state index < -0.39 is 24.3 Å². The van der Waals surface area contributed by atoms with Crippen LogP contribution < -0.4 is 5.32 Å². The molecule has 0 fully saturated rings. The first kappa shape index (κ1) is 15.6. The molecule has 0 heterocycles. The molecule has 0 bridgehead atoms. The van der Waals surface area contributed by atoms with Crippen LogP contribution in [-0.4, -0.2) is 37.2 Å². The van der Waals surface area contributed by atoms with Gasteiger partial charge in [0.2, 0.25) is 0 Å². The van der Waals surface area contributed by atoms with Gasteiger partial charge in [0.15, 0.2) is 0 Å². The van der Waals surface area contributed by atoms with Crippen molar-refractivity contribution in [1.82, 2.24) is 5.32 Å². The third-order valence-corrected chi connectivity index (χ3v) is 3.02. The van der Waals surface area contributed by atoms with Crippen LogP contribution in [0, 0.1) is 5.41 Å². The Labute approximate surface area is 93.0 Å². The zero-order valence-corrected chi connectivity index (χ0v) is 9.57. The van der Waals surface area contributed by atoms with Crippen molar-refractivity contribution in [2.75, 3.05) is 19.7 Å².